The lowest BCUT2D eigenvalue weighted by Gasteiger charge is -2.40. The molecular formula is C10H22N2SSi. The van der Waals surface area contributed by atoms with E-state index in [1.54, 1.807) is 0 Å². The van der Waals surface area contributed by atoms with Crippen molar-refractivity contribution in [2.24, 2.45) is 4.99 Å². The Kier molecular flexibility index (Phi) is 4.67. The van der Waals surface area contributed by atoms with Gasteiger partial charge in [0.25, 0.3) is 0 Å². The predicted octanol–water partition coefficient (Wildman–Crippen LogP) is 3.02. The van der Waals surface area contributed by atoms with Crippen molar-refractivity contribution >= 4 is 25.5 Å². The predicted molar refractivity (Wildman–Crippen MR) is 69.7 cm³/mol. The zero-order valence-corrected chi connectivity index (χ0v) is 11.6. The van der Waals surface area contributed by atoms with E-state index in [2.05, 4.69) is 37.4 Å². The minimum atomic E-state index is -1.18. The third-order valence-corrected chi connectivity index (χ3v) is 10.2. The quantitative estimate of drug-likeness (QED) is 0.675. The Labute approximate surface area is 93.3 Å². The molecule has 4 heteroatoms. The Morgan fingerprint density at radius 2 is 1.93 bits per heavy atom. The highest BCUT2D eigenvalue weighted by molar-refractivity contribution is 8.12. The molecule has 0 saturated carbocycles. The van der Waals surface area contributed by atoms with E-state index >= 15 is 0 Å². The van der Waals surface area contributed by atoms with Gasteiger partial charge in [0.2, 0.25) is 0 Å². The van der Waals surface area contributed by atoms with Crippen molar-refractivity contribution < 1.29 is 0 Å². The highest BCUT2D eigenvalue weighted by Crippen LogP contribution is 2.28. The number of thioether (sulfide) groups is 1. The topological polar surface area (TPSA) is 15.6 Å². The Morgan fingerprint density at radius 3 is 2.29 bits per heavy atom. The normalized spacial score (nSPS) is 22.2. The van der Waals surface area contributed by atoms with Crippen molar-refractivity contribution in [1.82, 2.24) is 4.57 Å². The van der Waals surface area contributed by atoms with Gasteiger partial charge < -0.3 is 4.57 Å². The second-order valence-corrected chi connectivity index (χ2v) is 10.1. The molecule has 0 radical (unpaired) electrons. The van der Waals surface area contributed by atoms with Crippen LogP contribution in [0.1, 0.15) is 20.8 Å². The molecule has 0 N–H and O–H groups in total. The molecule has 0 amide bonds. The lowest BCUT2D eigenvalue weighted by atomic mass is 10.6. The van der Waals surface area contributed by atoms with E-state index < -0.39 is 8.24 Å². The van der Waals surface area contributed by atoms with Crippen molar-refractivity contribution in [1.29, 1.82) is 0 Å². The van der Waals surface area contributed by atoms with Crippen LogP contribution in [0.5, 0.6) is 0 Å². The number of hydrogen-bond donors (Lipinski definition) is 0. The molecule has 0 bridgehead atoms. The minimum Gasteiger partial charge on any atom is -0.305 e. The van der Waals surface area contributed by atoms with Crippen LogP contribution in [-0.4, -0.2) is 37.3 Å². The van der Waals surface area contributed by atoms with E-state index in [0.717, 1.165) is 5.75 Å². The summed E-state index contributed by atoms with van der Waals surface area (Å²) in [4.78, 5) is 4.54. The summed E-state index contributed by atoms with van der Waals surface area (Å²) in [5, 5.41) is 0. The largest absolute Gasteiger partial charge is 0.305 e. The number of nitrogens with zero attached hydrogens (tertiary/aromatic N) is 2. The van der Waals surface area contributed by atoms with Gasteiger partial charge in [-0.1, -0.05) is 20.8 Å². The number of rotatable bonds is 5. The number of hydrogen-bond acceptors (Lipinski definition) is 3. The Morgan fingerprint density at radius 1 is 1.36 bits per heavy atom. The molecule has 1 aliphatic heterocycles. The van der Waals surface area contributed by atoms with Crippen LogP contribution < -0.4 is 0 Å². The fraction of sp³-hybridized carbons (Fsp3) is 0.900. The smallest absolute Gasteiger partial charge is 0.129 e. The van der Waals surface area contributed by atoms with Gasteiger partial charge in [-0.2, -0.15) is 0 Å². The van der Waals surface area contributed by atoms with Gasteiger partial charge in [-0.05, 0) is 25.2 Å². The SMILES string of the molecule is CC[Si](CC)(CC)N(C)C1CSC=N1. The first kappa shape index (κ1) is 12.3. The third-order valence-electron chi connectivity index (χ3n) is 3.72. The molecule has 1 atom stereocenters. The standard InChI is InChI=1S/C10H22N2SSi/c1-5-14(6-2,7-3)12(4)10-8-13-9-11-10/h9-10H,5-8H2,1-4H3. The Bertz CT molecular complexity index is 196. The molecule has 1 heterocycles. The van der Waals surface area contributed by atoms with Crippen LogP contribution in [0, 0.1) is 0 Å². The van der Waals surface area contributed by atoms with E-state index in [1.165, 1.54) is 18.1 Å². The first-order valence-electron chi connectivity index (χ1n) is 5.56. The molecule has 1 unspecified atom stereocenters. The maximum Gasteiger partial charge on any atom is 0.129 e. The van der Waals surface area contributed by atoms with Gasteiger partial charge in [0.15, 0.2) is 0 Å². The average Bonchev–Trinajstić information content (AvgIpc) is 2.74. The van der Waals surface area contributed by atoms with Crippen LogP contribution in [0.15, 0.2) is 4.99 Å². The highest BCUT2D eigenvalue weighted by Gasteiger charge is 2.36. The van der Waals surface area contributed by atoms with Gasteiger partial charge in [0.1, 0.15) is 14.4 Å². The molecular weight excluding hydrogens is 208 g/mol. The van der Waals surface area contributed by atoms with Crippen molar-refractivity contribution in [3.05, 3.63) is 0 Å². The highest BCUT2D eigenvalue weighted by atomic mass is 32.2. The summed E-state index contributed by atoms with van der Waals surface area (Å²) in [6.07, 6.45) is 0.464. The summed E-state index contributed by atoms with van der Waals surface area (Å²) in [5.74, 6) is 1.16. The molecule has 0 aliphatic carbocycles. The molecule has 0 aromatic rings. The van der Waals surface area contributed by atoms with E-state index in [9.17, 15) is 0 Å². The molecule has 0 aromatic carbocycles. The molecule has 1 rings (SSSR count). The zero-order valence-electron chi connectivity index (χ0n) is 9.79. The second kappa shape index (κ2) is 5.33. The average molecular weight is 230 g/mol. The van der Waals surface area contributed by atoms with Crippen molar-refractivity contribution in [2.45, 2.75) is 45.1 Å². The van der Waals surface area contributed by atoms with Crippen LogP contribution in [0.3, 0.4) is 0 Å². The van der Waals surface area contributed by atoms with Gasteiger partial charge in [-0.15, -0.1) is 11.8 Å². The van der Waals surface area contributed by atoms with Gasteiger partial charge in [-0.3, -0.25) is 4.99 Å². The van der Waals surface area contributed by atoms with Crippen molar-refractivity contribution in [3.63, 3.8) is 0 Å². The molecule has 0 aromatic heterocycles. The molecule has 14 heavy (non-hydrogen) atoms. The summed E-state index contributed by atoms with van der Waals surface area (Å²) in [7, 11) is 1.11. The van der Waals surface area contributed by atoms with Crippen LogP contribution in [0.2, 0.25) is 18.1 Å². The van der Waals surface area contributed by atoms with Crippen LogP contribution in [0.25, 0.3) is 0 Å². The molecule has 0 saturated heterocycles. The molecule has 0 fully saturated rings. The van der Waals surface area contributed by atoms with Gasteiger partial charge in [0, 0.05) is 5.75 Å². The monoisotopic (exact) mass is 230 g/mol. The Hall–Kier alpha value is 0.197. The summed E-state index contributed by atoms with van der Waals surface area (Å²) in [5.41, 5.74) is 2.02. The van der Waals surface area contributed by atoms with Gasteiger partial charge >= 0.3 is 0 Å². The molecule has 0 spiro atoms. The maximum atomic E-state index is 4.54. The summed E-state index contributed by atoms with van der Waals surface area (Å²) >= 11 is 1.85. The molecule has 82 valence electrons. The van der Waals surface area contributed by atoms with E-state index in [4.69, 9.17) is 0 Å². The lowest BCUT2D eigenvalue weighted by Crippen LogP contribution is -2.54. The maximum absolute atomic E-state index is 4.54. The van der Waals surface area contributed by atoms with Gasteiger partial charge in [-0.25, -0.2) is 0 Å². The van der Waals surface area contributed by atoms with Crippen LogP contribution in [0.4, 0.5) is 0 Å². The zero-order chi connectivity index (χ0) is 10.6. The van der Waals surface area contributed by atoms with E-state index in [0.29, 0.717) is 6.17 Å². The van der Waals surface area contributed by atoms with Crippen molar-refractivity contribution in [3.8, 4) is 0 Å². The lowest BCUT2D eigenvalue weighted by molar-refractivity contribution is 0.407. The fourth-order valence-electron chi connectivity index (χ4n) is 2.31. The van der Waals surface area contributed by atoms with Crippen LogP contribution in [-0.2, 0) is 0 Å². The first-order valence-corrected chi connectivity index (χ1v) is 9.18. The van der Waals surface area contributed by atoms with Crippen LogP contribution >= 0.6 is 11.8 Å². The second-order valence-electron chi connectivity index (χ2n) is 3.96. The van der Waals surface area contributed by atoms with E-state index in [-0.39, 0.29) is 0 Å². The summed E-state index contributed by atoms with van der Waals surface area (Å²) < 4.78 is 2.61. The van der Waals surface area contributed by atoms with Crippen molar-refractivity contribution in [2.75, 3.05) is 12.8 Å². The molecule has 1 aliphatic rings. The fourth-order valence-corrected chi connectivity index (χ4v) is 7.02. The van der Waals surface area contributed by atoms with E-state index in [1.807, 2.05) is 17.3 Å². The third kappa shape index (κ3) is 2.23. The summed E-state index contributed by atoms with van der Waals surface area (Å²) in [6, 6.07) is 4.06. The first-order chi connectivity index (χ1) is 6.70. The number of aliphatic imine (C=N–C) groups is 1. The minimum absolute atomic E-state index is 0.464. The molecule has 2 nitrogen and oxygen atoms in total. The Balaban J connectivity index is 2.71. The van der Waals surface area contributed by atoms with Gasteiger partial charge in [0.05, 0.1) is 5.55 Å². The summed E-state index contributed by atoms with van der Waals surface area (Å²) in [6.45, 7) is 7.05.